The lowest BCUT2D eigenvalue weighted by Crippen LogP contribution is -2.30. The molecule has 0 spiro atoms. The number of para-hydroxylation sites is 2. The zero-order chi connectivity index (χ0) is 16.8. The Morgan fingerprint density at radius 2 is 1.84 bits per heavy atom. The van der Waals surface area contributed by atoms with Gasteiger partial charge in [-0.2, -0.15) is 0 Å². The van der Waals surface area contributed by atoms with Crippen LogP contribution in [0.15, 0.2) is 67.1 Å². The summed E-state index contributed by atoms with van der Waals surface area (Å²) in [6.07, 6.45) is 5.55. The van der Waals surface area contributed by atoms with Crippen LogP contribution in [-0.4, -0.2) is 31.6 Å². The van der Waals surface area contributed by atoms with Crippen LogP contribution in [0, 0.1) is 0 Å². The first kappa shape index (κ1) is 14.0. The van der Waals surface area contributed by atoms with Gasteiger partial charge in [-0.05, 0) is 36.4 Å². The summed E-state index contributed by atoms with van der Waals surface area (Å²) in [5.41, 5.74) is 3.30. The minimum absolute atomic E-state index is 0.122. The van der Waals surface area contributed by atoms with Crippen molar-refractivity contribution in [3.63, 3.8) is 0 Å². The Balaban J connectivity index is 1.53. The van der Waals surface area contributed by atoms with Gasteiger partial charge in [-0.1, -0.05) is 12.1 Å². The molecule has 1 aliphatic heterocycles. The molecule has 0 atom stereocenters. The zero-order valence-electron chi connectivity index (χ0n) is 13.4. The van der Waals surface area contributed by atoms with Crippen molar-refractivity contribution in [2.75, 3.05) is 11.4 Å². The summed E-state index contributed by atoms with van der Waals surface area (Å²) in [7, 11) is 0. The molecule has 5 rings (SSSR count). The van der Waals surface area contributed by atoms with Crippen LogP contribution in [0.25, 0.3) is 16.7 Å². The second-order valence-corrected chi connectivity index (χ2v) is 6.00. The second kappa shape index (κ2) is 5.31. The van der Waals surface area contributed by atoms with Crippen LogP contribution in [0.3, 0.4) is 0 Å². The Morgan fingerprint density at radius 3 is 2.72 bits per heavy atom. The fraction of sp³-hybridized carbons (Fsp3) is 0.105. The number of rotatable bonds is 2. The molecule has 1 aliphatic rings. The fourth-order valence-electron chi connectivity index (χ4n) is 3.32. The van der Waals surface area contributed by atoms with E-state index < -0.39 is 0 Å². The van der Waals surface area contributed by atoms with Gasteiger partial charge in [-0.25, -0.2) is 4.98 Å². The highest BCUT2D eigenvalue weighted by atomic mass is 16.2. The SMILES string of the molecule is O=C(c1cc(-n2cccc2)ccn1)N1CCn2c1nc1ccccc12. The first-order valence-electron chi connectivity index (χ1n) is 8.18. The number of imidazole rings is 1. The summed E-state index contributed by atoms with van der Waals surface area (Å²) >= 11 is 0. The van der Waals surface area contributed by atoms with Gasteiger partial charge in [-0.3, -0.25) is 14.7 Å². The largest absolute Gasteiger partial charge is 0.324 e. The molecule has 0 N–H and O–H groups in total. The highest BCUT2D eigenvalue weighted by molar-refractivity contribution is 6.05. The second-order valence-electron chi connectivity index (χ2n) is 6.00. The van der Waals surface area contributed by atoms with Crippen LogP contribution >= 0.6 is 0 Å². The summed E-state index contributed by atoms with van der Waals surface area (Å²) in [4.78, 5) is 23.6. The van der Waals surface area contributed by atoms with E-state index in [0.717, 1.165) is 23.3 Å². The summed E-state index contributed by atoms with van der Waals surface area (Å²) in [6, 6.07) is 15.5. The number of fused-ring (bicyclic) bond motifs is 3. The van der Waals surface area contributed by atoms with E-state index in [1.807, 2.05) is 65.5 Å². The van der Waals surface area contributed by atoms with Crippen molar-refractivity contribution >= 4 is 22.9 Å². The number of pyridine rings is 1. The van der Waals surface area contributed by atoms with E-state index in [1.165, 1.54) is 0 Å². The van der Waals surface area contributed by atoms with Crippen molar-refractivity contribution in [2.45, 2.75) is 6.54 Å². The van der Waals surface area contributed by atoms with E-state index in [-0.39, 0.29) is 5.91 Å². The van der Waals surface area contributed by atoms with Gasteiger partial charge in [0.15, 0.2) is 0 Å². The van der Waals surface area contributed by atoms with Gasteiger partial charge in [-0.15, -0.1) is 0 Å². The molecule has 1 amide bonds. The number of carbonyl (C=O) groups excluding carboxylic acids is 1. The number of anilines is 1. The minimum atomic E-state index is -0.122. The van der Waals surface area contributed by atoms with Gasteiger partial charge in [0, 0.05) is 37.4 Å². The predicted octanol–water partition coefficient (Wildman–Crippen LogP) is 2.88. The van der Waals surface area contributed by atoms with Gasteiger partial charge in [0.1, 0.15) is 5.69 Å². The van der Waals surface area contributed by atoms with Crippen molar-refractivity contribution in [1.29, 1.82) is 0 Å². The van der Waals surface area contributed by atoms with Crippen LogP contribution in [-0.2, 0) is 6.54 Å². The van der Waals surface area contributed by atoms with E-state index in [4.69, 9.17) is 0 Å². The Bertz CT molecular complexity index is 1080. The van der Waals surface area contributed by atoms with Crippen molar-refractivity contribution < 1.29 is 4.79 Å². The lowest BCUT2D eigenvalue weighted by molar-refractivity contribution is 0.0984. The molecule has 6 nitrogen and oxygen atoms in total. The lowest BCUT2D eigenvalue weighted by atomic mass is 10.3. The molecule has 0 saturated carbocycles. The monoisotopic (exact) mass is 329 g/mol. The van der Waals surface area contributed by atoms with Gasteiger partial charge in [0.2, 0.25) is 5.95 Å². The highest BCUT2D eigenvalue weighted by Crippen LogP contribution is 2.28. The summed E-state index contributed by atoms with van der Waals surface area (Å²) in [5, 5.41) is 0. The molecule has 4 heterocycles. The van der Waals surface area contributed by atoms with E-state index in [2.05, 4.69) is 14.5 Å². The quantitative estimate of drug-likeness (QED) is 0.568. The molecule has 6 heteroatoms. The number of hydrogen-bond donors (Lipinski definition) is 0. The molecular formula is C19H15N5O. The summed E-state index contributed by atoms with van der Waals surface area (Å²) in [5.74, 6) is 0.572. The number of benzene rings is 1. The van der Waals surface area contributed by atoms with E-state index in [0.29, 0.717) is 18.2 Å². The molecule has 0 saturated heterocycles. The van der Waals surface area contributed by atoms with Crippen molar-refractivity contribution in [1.82, 2.24) is 19.1 Å². The maximum absolute atomic E-state index is 13.0. The fourth-order valence-corrected chi connectivity index (χ4v) is 3.32. The minimum Gasteiger partial charge on any atom is -0.324 e. The molecule has 25 heavy (non-hydrogen) atoms. The van der Waals surface area contributed by atoms with Crippen LogP contribution in [0.5, 0.6) is 0 Å². The average Bonchev–Trinajstić information content (AvgIpc) is 3.37. The number of hydrogen-bond acceptors (Lipinski definition) is 3. The topological polar surface area (TPSA) is 56.0 Å². The molecular weight excluding hydrogens is 314 g/mol. The maximum Gasteiger partial charge on any atom is 0.279 e. The molecule has 0 radical (unpaired) electrons. The number of amides is 1. The third-order valence-corrected chi connectivity index (χ3v) is 4.53. The number of nitrogens with zero attached hydrogens (tertiary/aromatic N) is 5. The average molecular weight is 329 g/mol. The lowest BCUT2D eigenvalue weighted by Gasteiger charge is -2.14. The van der Waals surface area contributed by atoms with Crippen molar-refractivity contribution in [3.8, 4) is 5.69 Å². The summed E-state index contributed by atoms with van der Waals surface area (Å²) in [6.45, 7) is 1.36. The molecule has 0 unspecified atom stereocenters. The summed E-state index contributed by atoms with van der Waals surface area (Å²) < 4.78 is 4.04. The zero-order valence-corrected chi connectivity index (χ0v) is 13.4. The van der Waals surface area contributed by atoms with Crippen LogP contribution in [0.4, 0.5) is 5.95 Å². The molecule has 0 bridgehead atoms. The molecule has 0 fully saturated rings. The maximum atomic E-state index is 13.0. The van der Waals surface area contributed by atoms with Crippen LogP contribution in [0.2, 0.25) is 0 Å². The third-order valence-electron chi connectivity index (χ3n) is 4.53. The molecule has 1 aromatic carbocycles. The molecule has 122 valence electrons. The van der Waals surface area contributed by atoms with Crippen molar-refractivity contribution in [2.24, 2.45) is 0 Å². The van der Waals surface area contributed by atoms with Crippen LogP contribution in [0.1, 0.15) is 10.5 Å². The van der Waals surface area contributed by atoms with Gasteiger partial charge in [0.25, 0.3) is 5.91 Å². The molecule has 4 aromatic rings. The van der Waals surface area contributed by atoms with Crippen molar-refractivity contribution in [3.05, 3.63) is 72.8 Å². The highest BCUT2D eigenvalue weighted by Gasteiger charge is 2.29. The standard InChI is InChI=1S/C19H15N5O/c25-18(16-13-14(7-8-20-16)22-9-3-4-10-22)24-12-11-23-17-6-2-1-5-15(17)21-19(23)24/h1-10,13H,11-12H2. The van der Waals surface area contributed by atoms with E-state index in [9.17, 15) is 4.79 Å². The normalized spacial score (nSPS) is 13.4. The molecule has 3 aromatic heterocycles. The van der Waals surface area contributed by atoms with E-state index >= 15 is 0 Å². The van der Waals surface area contributed by atoms with Gasteiger partial charge < -0.3 is 9.13 Å². The third kappa shape index (κ3) is 2.15. The number of carbonyl (C=O) groups is 1. The first-order chi connectivity index (χ1) is 12.3. The Kier molecular flexibility index (Phi) is 2.97. The van der Waals surface area contributed by atoms with Gasteiger partial charge >= 0.3 is 0 Å². The Hall–Kier alpha value is -3.41. The first-order valence-corrected chi connectivity index (χ1v) is 8.18. The predicted molar refractivity (Wildman–Crippen MR) is 95.0 cm³/mol. The Labute approximate surface area is 144 Å². The Morgan fingerprint density at radius 1 is 1.00 bits per heavy atom. The van der Waals surface area contributed by atoms with E-state index in [1.54, 1.807) is 11.1 Å². The van der Waals surface area contributed by atoms with Gasteiger partial charge in [0.05, 0.1) is 11.0 Å². The smallest absolute Gasteiger partial charge is 0.279 e. The molecule has 0 aliphatic carbocycles. The van der Waals surface area contributed by atoms with Crippen LogP contribution < -0.4 is 4.90 Å². The number of aromatic nitrogens is 4.